The lowest BCUT2D eigenvalue weighted by molar-refractivity contribution is -0.137. The van der Waals surface area contributed by atoms with E-state index in [2.05, 4.69) is 6.58 Å². The summed E-state index contributed by atoms with van der Waals surface area (Å²) in [6, 6.07) is 18.2. The molecule has 23 heavy (non-hydrogen) atoms. The first-order valence-electron chi connectivity index (χ1n) is 7.00. The van der Waals surface area contributed by atoms with Crippen molar-refractivity contribution in [3.8, 4) is 11.5 Å². The first-order valence-corrected chi connectivity index (χ1v) is 8.93. The van der Waals surface area contributed by atoms with Crippen LogP contribution >= 0.6 is 0 Å². The van der Waals surface area contributed by atoms with E-state index in [1.54, 1.807) is 24.3 Å². The molecule has 0 aliphatic heterocycles. The molecule has 0 unspecified atom stereocenters. The van der Waals surface area contributed by atoms with Crippen LogP contribution in [-0.4, -0.2) is 28.1 Å². The van der Waals surface area contributed by atoms with Crippen LogP contribution in [0.1, 0.15) is 0 Å². The second-order valence-corrected chi connectivity index (χ2v) is 7.00. The Morgan fingerprint density at radius 1 is 1.00 bits per heavy atom. The highest BCUT2D eigenvalue weighted by molar-refractivity contribution is 6.62. The Hall–Kier alpha value is -2.57. The van der Waals surface area contributed by atoms with Gasteiger partial charge in [0.1, 0.15) is 11.5 Å². The average Bonchev–Trinajstić information content (AvgIpc) is 2.61. The van der Waals surface area contributed by atoms with E-state index in [0.29, 0.717) is 11.5 Å². The average molecular weight is 330 g/mol. The maximum Gasteiger partial charge on any atom is 0.672 e. The Balaban J connectivity index is 2.23. The van der Waals surface area contributed by atoms with E-state index in [1.165, 1.54) is 7.11 Å². The molecule has 0 bridgehead atoms. The van der Waals surface area contributed by atoms with E-state index in [1.807, 2.05) is 36.4 Å². The fraction of sp³-hybridized carbons (Fsp3) is 0.118. The van der Waals surface area contributed by atoms with Crippen LogP contribution in [0, 0.1) is 0 Å². The monoisotopic (exact) mass is 330 g/mol. The molecule has 0 N–H and O–H groups in total. The third-order valence-electron chi connectivity index (χ3n) is 2.90. The number of ether oxygens (including phenoxy) is 1. The van der Waals surface area contributed by atoms with Gasteiger partial charge in [-0.3, -0.25) is 0 Å². The Labute approximate surface area is 136 Å². The number of benzene rings is 2. The Kier molecular flexibility index (Phi) is 5.96. The van der Waals surface area contributed by atoms with Gasteiger partial charge in [0.25, 0.3) is 0 Å². The molecule has 0 atom stereocenters. The van der Waals surface area contributed by atoms with Gasteiger partial charge < -0.3 is 18.0 Å². The van der Waals surface area contributed by atoms with Crippen molar-refractivity contribution in [3.63, 3.8) is 0 Å². The highest BCUT2D eigenvalue weighted by atomic mass is 28.4. The van der Waals surface area contributed by atoms with Crippen LogP contribution in [0.25, 0.3) is 0 Å². The molecule has 0 heterocycles. The zero-order chi connectivity index (χ0) is 16.5. The van der Waals surface area contributed by atoms with Gasteiger partial charge in [-0.05, 0) is 24.3 Å². The highest BCUT2D eigenvalue weighted by Crippen LogP contribution is 2.21. The van der Waals surface area contributed by atoms with E-state index in [-0.39, 0.29) is 6.23 Å². The molecule has 0 fully saturated rings. The SMILES string of the molecule is C=CC(=O)OC[Si](OC)(Oc1ccccc1)Oc1ccccc1. The van der Waals surface area contributed by atoms with Crippen molar-refractivity contribution in [1.29, 1.82) is 0 Å². The molecule has 120 valence electrons. The maximum absolute atomic E-state index is 11.4. The lowest BCUT2D eigenvalue weighted by Crippen LogP contribution is -2.56. The molecule has 0 aliphatic carbocycles. The number of rotatable bonds is 8. The molecule has 2 aromatic rings. The molecule has 5 nitrogen and oxygen atoms in total. The zero-order valence-corrected chi connectivity index (χ0v) is 13.8. The second kappa shape index (κ2) is 8.16. The molecular weight excluding hydrogens is 312 g/mol. The zero-order valence-electron chi connectivity index (χ0n) is 12.8. The van der Waals surface area contributed by atoms with Gasteiger partial charge >= 0.3 is 14.8 Å². The molecular formula is C17H18O5Si. The third-order valence-corrected chi connectivity index (χ3v) is 5.12. The highest BCUT2D eigenvalue weighted by Gasteiger charge is 2.47. The lowest BCUT2D eigenvalue weighted by atomic mass is 10.3. The molecule has 2 aromatic carbocycles. The van der Waals surface area contributed by atoms with Crippen molar-refractivity contribution < 1.29 is 22.8 Å². The molecule has 0 aromatic heterocycles. The van der Waals surface area contributed by atoms with Crippen LogP contribution in [0.2, 0.25) is 0 Å². The topological polar surface area (TPSA) is 54.0 Å². The summed E-state index contributed by atoms with van der Waals surface area (Å²) in [5.41, 5.74) is 0. The fourth-order valence-electron chi connectivity index (χ4n) is 1.78. The lowest BCUT2D eigenvalue weighted by Gasteiger charge is -2.28. The van der Waals surface area contributed by atoms with Gasteiger partial charge in [0.05, 0.1) is 0 Å². The first-order chi connectivity index (χ1) is 11.2. The van der Waals surface area contributed by atoms with Gasteiger partial charge in [0.2, 0.25) is 0 Å². The van der Waals surface area contributed by atoms with Crippen molar-refractivity contribution in [1.82, 2.24) is 0 Å². The van der Waals surface area contributed by atoms with Crippen molar-refractivity contribution >= 4 is 14.8 Å². The van der Waals surface area contributed by atoms with E-state index in [4.69, 9.17) is 18.0 Å². The minimum atomic E-state index is -3.32. The predicted octanol–water partition coefficient (Wildman–Crippen LogP) is 3.00. The number of carbonyl (C=O) groups is 1. The normalized spacial score (nSPS) is 10.7. The molecule has 0 spiro atoms. The Morgan fingerprint density at radius 2 is 1.48 bits per heavy atom. The third kappa shape index (κ3) is 4.98. The Morgan fingerprint density at radius 3 is 1.87 bits per heavy atom. The van der Waals surface area contributed by atoms with Crippen molar-refractivity contribution in [3.05, 3.63) is 73.3 Å². The Bertz CT molecular complexity index is 588. The molecule has 0 radical (unpaired) electrons. The van der Waals surface area contributed by atoms with E-state index < -0.39 is 14.8 Å². The summed E-state index contributed by atoms with van der Waals surface area (Å²) in [6.07, 6.45) is 0.956. The number of hydrogen-bond acceptors (Lipinski definition) is 5. The second-order valence-electron chi connectivity index (χ2n) is 4.53. The summed E-state index contributed by atoms with van der Waals surface area (Å²) >= 11 is 0. The minimum absolute atomic E-state index is 0.127. The largest absolute Gasteiger partial charge is 0.672 e. The van der Waals surface area contributed by atoms with Crippen LogP contribution in [0.4, 0.5) is 0 Å². The van der Waals surface area contributed by atoms with Crippen LogP contribution in [-0.2, 0) is 14.0 Å². The van der Waals surface area contributed by atoms with Crippen LogP contribution in [0.15, 0.2) is 73.3 Å². The summed E-state index contributed by atoms with van der Waals surface area (Å²) < 4.78 is 22.5. The molecule has 0 saturated heterocycles. The van der Waals surface area contributed by atoms with Gasteiger partial charge in [-0.1, -0.05) is 43.0 Å². The summed E-state index contributed by atoms with van der Waals surface area (Å²) in [5, 5.41) is 0. The molecule has 0 amide bonds. The fourth-order valence-corrected chi connectivity index (χ4v) is 3.53. The predicted molar refractivity (Wildman–Crippen MR) is 88.1 cm³/mol. The van der Waals surface area contributed by atoms with Gasteiger partial charge in [-0.15, -0.1) is 0 Å². The van der Waals surface area contributed by atoms with Crippen molar-refractivity contribution in [2.75, 3.05) is 13.3 Å². The number of esters is 1. The van der Waals surface area contributed by atoms with E-state index >= 15 is 0 Å². The maximum atomic E-state index is 11.4. The molecule has 0 aliphatic rings. The summed E-state index contributed by atoms with van der Waals surface area (Å²) in [7, 11) is -1.85. The molecule has 2 rings (SSSR count). The molecule has 0 saturated carbocycles. The first kappa shape index (κ1) is 16.8. The number of para-hydroxylation sites is 2. The van der Waals surface area contributed by atoms with Crippen LogP contribution in [0.3, 0.4) is 0 Å². The minimum Gasteiger partial charge on any atom is -0.490 e. The smallest absolute Gasteiger partial charge is 0.490 e. The van der Waals surface area contributed by atoms with Gasteiger partial charge in [-0.25, -0.2) is 4.79 Å². The van der Waals surface area contributed by atoms with Crippen LogP contribution in [0.5, 0.6) is 11.5 Å². The molecule has 6 heteroatoms. The quantitative estimate of drug-likeness (QED) is 0.423. The summed E-state index contributed by atoms with van der Waals surface area (Å²) in [4.78, 5) is 11.4. The number of hydrogen-bond donors (Lipinski definition) is 0. The number of carbonyl (C=O) groups excluding carboxylic acids is 1. The van der Waals surface area contributed by atoms with Gasteiger partial charge in [0.15, 0.2) is 6.23 Å². The van der Waals surface area contributed by atoms with Crippen LogP contribution < -0.4 is 8.85 Å². The van der Waals surface area contributed by atoms with Gasteiger partial charge in [0, 0.05) is 13.2 Å². The van der Waals surface area contributed by atoms with Crippen molar-refractivity contribution in [2.24, 2.45) is 0 Å². The van der Waals surface area contributed by atoms with Crippen molar-refractivity contribution in [2.45, 2.75) is 0 Å². The van der Waals surface area contributed by atoms with E-state index in [9.17, 15) is 4.79 Å². The summed E-state index contributed by atoms with van der Waals surface area (Å²) in [5.74, 6) is 0.588. The standard InChI is InChI=1S/C17H18O5Si/c1-3-17(18)20-14-23(19-2,21-15-10-6-4-7-11-15)22-16-12-8-5-9-13-16/h3-13H,1,14H2,2H3. The summed E-state index contributed by atoms with van der Waals surface area (Å²) in [6.45, 7) is 3.37. The van der Waals surface area contributed by atoms with Gasteiger partial charge in [-0.2, -0.15) is 0 Å². The van der Waals surface area contributed by atoms with E-state index in [0.717, 1.165) is 6.08 Å².